The van der Waals surface area contributed by atoms with Crippen molar-refractivity contribution in [2.45, 2.75) is 19.8 Å². The van der Waals surface area contributed by atoms with Gasteiger partial charge in [-0.1, -0.05) is 15.9 Å². The molecule has 2 rings (SSSR count). The van der Waals surface area contributed by atoms with E-state index in [0.29, 0.717) is 52.2 Å². The fourth-order valence-corrected chi connectivity index (χ4v) is 2.85. The number of carbonyl (C=O) groups excluding carboxylic acids is 2. The molecule has 132 valence electrons. The lowest BCUT2D eigenvalue weighted by Crippen LogP contribution is -2.51. The molecule has 0 radical (unpaired) electrons. The van der Waals surface area contributed by atoms with Gasteiger partial charge in [0.25, 0.3) is 0 Å². The van der Waals surface area contributed by atoms with E-state index in [2.05, 4.69) is 15.9 Å². The van der Waals surface area contributed by atoms with Gasteiger partial charge in [-0.3, -0.25) is 9.59 Å². The summed E-state index contributed by atoms with van der Waals surface area (Å²) in [7, 11) is 0. The molecule has 1 saturated heterocycles. The minimum atomic E-state index is 0.0646. The zero-order chi connectivity index (χ0) is 17.5. The van der Waals surface area contributed by atoms with Gasteiger partial charge in [0.1, 0.15) is 5.75 Å². The number of nitrogens with two attached hydrogens (primary N) is 1. The van der Waals surface area contributed by atoms with Crippen LogP contribution in [0.5, 0.6) is 5.75 Å². The van der Waals surface area contributed by atoms with E-state index in [1.807, 2.05) is 25.1 Å². The Morgan fingerprint density at radius 1 is 1.12 bits per heavy atom. The Labute approximate surface area is 151 Å². The number of nitrogens with zero attached hydrogens (tertiary/aromatic N) is 2. The van der Waals surface area contributed by atoms with Gasteiger partial charge in [-0.25, -0.2) is 0 Å². The summed E-state index contributed by atoms with van der Waals surface area (Å²) in [5.41, 5.74) is 6.50. The van der Waals surface area contributed by atoms with Crippen LogP contribution >= 0.6 is 15.9 Å². The van der Waals surface area contributed by atoms with E-state index in [4.69, 9.17) is 10.5 Å². The topological polar surface area (TPSA) is 75.9 Å². The van der Waals surface area contributed by atoms with Gasteiger partial charge < -0.3 is 20.3 Å². The number of benzene rings is 1. The van der Waals surface area contributed by atoms with Crippen molar-refractivity contribution in [2.24, 2.45) is 5.73 Å². The number of hydrogen-bond donors (Lipinski definition) is 1. The molecule has 0 bridgehead atoms. The number of halogens is 1. The van der Waals surface area contributed by atoms with Gasteiger partial charge in [-0.15, -0.1) is 0 Å². The molecule has 0 unspecified atom stereocenters. The summed E-state index contributed by atoms with van der Waals surface area (Å²) in [6.07, 6.45) is 0.709. The molecule has 0 aliphatic carbocycles. The first kappa shape index (κ1) is 18.7. The predicted octanol–water partition coefficient (Wildman–Crippen LogP) is 1.55. The summed E-state index contributed by atoms with van der Waals surface area (Å²) in [6, 6.07) is 5.75. The van der Waals surface area contributed by atoms with Crippen molar-refractivity contribution < 1.29 is 14.3 Å². The van der Waals surface area contributed by atoms with Crippen molar-refractivity contribution >= 4 is 27.7 Å². The summed E-state index contributed by atoms with van der Waals surface area (Å²) in [6.45, 7) is 5.03. The molecule has 1 aromatic carbocycles. The fourth-order valence-electron chi connectivity index (χ4n) is 2.61. The van der Waals surface area contributed by atoms with Crippen LogP contribution in [0.3, 0.4) is 0 Å². The molecule has 1 aliphatic heterocycles. The number of carbonyl (C=O) groups is 2. The van der Waals surface area contributed by atoms with Crippen LogP contribution in [-0.4, -0.2) is 60.9 Å². The average Bonchev–Trinajstić information content (AvgIpc) is 2.58. The number of amides is 2. The Bertz CT molecular complexity index is 586. The molecule has 6 nitrogen and oxygen atoms in total. The molecule has 1 aromatic rings. The van der Waals surface area contributed by atoms with Gasteiger partial charge in [0.05, 0.1) is 13.0 Å². The minimum absolute atomic E-state index is 0.0646. The summed E-state index contributed by atoms with van der Waals surface area (Å²) in [4.78, 5) is 27.6. The monoisotopic (exact) mass is 397 g/mol. The van der Waals surface area contributed by atoms with Crippen LogP contribution in [0.1, 0.15) is 18.4 Å². The first-order valence-corrected chi connectivity index (χ1v) is 8.95. The van der Waals surface area contributed by atoms with Gasteiger partial charge in [0.15, 0.2) is 0 Å². The number of piperazine rings is 1. The molecule has 0 saturated carbocycles. The lowest BCUT2D eigenvalue weighted by atomic mass is 10.2. The summed E-state index contributed by atoms with van der Waals surface area (Å²) >= 11 is 3.45. The quantitative estimate of drug-likeness (QED) is 0.789. The lowest BCUT2D eigenvalue weighted by Gasteiger charge is -2.34. The molecule has 2 amide bonds. The molecule has 0 aromatic heterocycles. The molecule has 0 spiro atoms. The third-order valence-electron chi connectivity index (χ3n) is 4.06. The van der Waals surface area contributed by atoms with Crippen molar-refractivity contribution in [1.82, 2.24) is 9.80 Å². The Balaban J connectivity index is 1.72. The van der Waals surface area contributed by atoms with Crippen molar-refractivity contribution in [1.29, 1.82) is 0 Å². The maximum atomic E-state index is 12.2. The van der Waals surface area contributed by atoms with Gasteiger partial charge in [0, 0.05) is 43.6 Å². The maximum absolute atomic E-state index is 12.2. The van der Waals surface area contributed by atoms with Crippen LogP contribution in [0.15, 0.2) is 22.7 Å². The molecule has 7 heteroatoms. The highest BCUT2D eigenvalue weighted by molar-refractivity contribution is 9.10. The SMILES string of the molecule is Cc1cc(OCCC(=O)N2CCN(C(=O)CCN)CC2)ccc1Br. The van der Waals surface area contributed by atoms with Crippen LogP contribution in [-0.2, 0) is 9.59 Å². The van der Waals surface area contributed by atoms with E-state index in [-0.39, 0.29) is 11.8 Å². The smallest absolute Gasteiger partial charge is 0.226 e. The van der Waals surface area contributed by atoms with Crippen molar-refractivity contribution in [2.75, 3.05) is 39.3 Å². The Hall–Kier alpha value is -1.60. The summed E-state index contributed by atoms with van der Waals surface area (Å²) < 4.78 is 6.68. The summed E-state index contributed by atoms with van der Waals surface area (Å²) in [5.74, 6) is 0.897. The van der Waals surface area contributed by atoms with E-state index >= 15 is 0 Å². The highest BCUT2D eigenvalue weighted by atomic mass is 79.9. The molecule has 1 aliphatic rings. The van der Waals surface area contributed by atoms with Gasteiger partial charge >= 0.3 is 0 Å². The third kappa shape index (κ3) is 5.21. The molecule has 2 N–H and O–H groups in total. The molecule has 1 heterocycles. The van der Waals surface area contributed by atoms with Crippen molar-refractivity contribution in [3.05, 3.63) is 28.2 Å². The second-order valence-corrected chi connectivity index (χ2v) is 6.66. The third-order valence-corrected chi connectivity index (χ3v) is 4.95. The van der Waals surface area contributed by atoms with Crippen LogP contribution in [0, 0.1) is 6.92 Å². The Morgan fingerprint density at radius 3 is 2.25 bits per heavy atom. The predicted molar refractivity (Wildman–Crippen MR) is 95.8 cm³/mol. The largest absolute Gasteiger partial charge is 0.493 e. The normalized spacial score (nSPS) is 14.6. The zero-order valence-electron chi connectivity index (χ0n) is 14.0. The van der Waals surface area contributed by atoms with Crippen LogP contribution < -0.4 is 10.5 Å². The Kier molecular flexibility index (Phi) is 7.05. The van der Waals surface area contributed by atoms with Crippen molar-refractivity contribution in [3.8, 4) is 5.75 Å². The Morgan fingerprint density at radius 2 is 1.71 bits per heavy atom. The standard InChI is InChI=1S/C17H24BrN3O3/c1-13-12-14(2-3-15(13)18)24-11-5-17(23)21-9-7-20(8-10-21)16(22)4-6-19/h2-3,12H,4-11,19H2,1H3. The number of aryl methyl sites for hydroxylation is 1. The average molecular weight is 398 g/mol. The number of rotatable bonds is 6. The summed E-state index contributed by atoms with van der Waals surface area (Å²) in [5, 5.41) is 0. The molecule has 0 atom stereocenters. The lowest BCUT2D eigenvalue weighted by molar-refractivity contribution is -0.139. The second-order valence-electron chi connectivity index (χ2n) is 5.81. The fraction of sp³-hybridized carbons (Fsp3) is 0.529. The molecular weight excluding hydrogens is 374 g/mol. The first-order chi connectivity index (χ1) is 11.5. The van der Waals surface area contributed by atoms with Gasteiger partial charge in [0.2, 0.25) is 11.8 Å². The second kappa shape index (κ2) is 9.03. The molecule has 24 heavy (non-hydrogen) atoms. The zero-order valence-corrected chi connectivity index (χ0v) is 15.5. The van der Waals surface area contributed by atoms with E-state index < -0.39 is 0 Å². The highest BCUT2D eigenvalue weighted by Crippen LogP contribution is 2.21. The van der Waals surface area contributed by atoms with E-state index in [1.54, 1.807) is 9.80 Å². The van der Waals surface area contributed by atoms with E-state index in [1.165, 1.54) is 0 Å². The van der Waals surface area contributed by atoms with E-state index in [9.17, 15) is 9.59 Å². The van der Waals surface area contributed by atoms with Gasteiger partial charge in [-0.05, 0) is 30.7 Å². The minimum Gasteiger partial charge on any atom is -0.493 e. The van der Waals surface area contributed by atoms with E-state index in [0.717, 1.165) is 15.8 Å². The van der Waals surface area contributed by atoms with Crippen LogP contribution in [0.25, 0.3) is 0 Å². The van der Waals surface area contributed by atoms with Crippen LogP contribution in [0.4, 0.5) is 0 Å². The highest BCUT2D eigenvalue weighted by Gasteiger charge is 2.23. The number of hydrogen-bond acceptors (Lipinski definition) is 4. The van der Waals surface area contributed by atoms with Crippen molar-refractivity contribution in [3.63, 3.8) is 0 Å². The van der Waals surface area contributed by atoms with Crippen LogP contribution in [0.2, 0.25) is 0 Å². The first-order valence-electron chi connectivity index (χ1n) is 8.16. The molecular formula is C17H24BrN3O3. The number of ether oxygens (including phenoxy) is 1. The molecule has 1 fully saturated rings. The maximum Gasteiger partial charge on any atom is 0.226 e. The van der Waals surface area contributed by atoms with Gasteiger partial charge in [-0.2, -0.15) is 0 Å².